The van der Waals surface area contributed by atoms with Crippen molar-refractivity contribution in [3.8, 4) is 0 Å². The van der Waals surface area contributed by atoms with Gasteiger partial charge in [-0.25, -0.2) is 12.7 Å². The van der Waals surface area contributed by atoms with Crippen molar-refractivity contribution in [3.05, 3.63) is 48.5 Å². The maximum Gasteiger partial charge on any atom is 0.245 e. The van der Waals surface area contributed by atoms with E-state index >= 15 is 0 Å². The Hall–Kier alpha value is -1.87. The van der Waals surface area contributed by atoms with E-state index in [4.69, 9.17) is 0 Å². The predicted octanol–water partition coefficient (Wildman–Crippen LogP) is 5.62. The highest BCUT2D eigenvalue weighted by Gasteiger charge is 2.48. The number of likely N-dealkylation sites (tertiary alicyclic amines) is 1. The maximum atomic E-state index is 13.7. The lowest BCUT2D eigenvalue weighted by molar-refractivity contribution is -0.120. The number of amides is 1. The van der Waals surface area contributed by atoms with Crippen LogP contribution in [-0.4, -0.2) is 62.0 Å². The molecule has 2 saturated heterocycles. The van der Waals surface area contributed by atoms with Gasteiger partial charge in [-0.2, -0.15) is 0 Å². The largest absolute Gasteiger partial charge is 0.294 e. The smallest absolute Gasteiger partial charge is 0.245 e. The van der Waals surface area contributed by atoms with E-state index in [1.807, 2.05) is 55.1 Å². The van der Waals surface area contributed by atoms with Gasteiger partial charge in [-0.3, -0.25) is 14.6 Å². The number of anilines is 2. The van der Waals surface area contributed by atoms with Gasteiger partial charge in [0.1, 0.15) is 0 Å². The van der Waals surface area contributed by atoms with Crippen molar-refractivity contribution >= 4 is 39.1 Å². The third-order valence-corrected chi connectivity index (χ3v) is 11.1. The van der Waals surface area contributed by atoms with Crippen molar-refractivity contribution in [3.63, 3.8) is 0 Å². The van der Waals surface area contributed by atoms with E-state index in [9.17, 15) is 13.2 Å². The van der Waals surface area contributed by atoms with Crippen molar-refractivity contribution in [2.24, 2.45) is 16.7 Å². The summed E-state index contributed by atoms with van der Waals surface area (Å²) in [5.41, 5.74) is 1.82. The Bertz CT molecular complexity index is 1220. The van der Waals surface area contributed by atoms with Gasteiger partial charge in [0.25, 0.3) is 0 Å². The molecule has 0 N–H and O–H groups in total. The van der Waals surface area contributed by atoms with Crippen LogP contribution < -0.4 is 4.90 Å². The van der Waals surface area contributed by atoms with Crippen LogP contribution in [0.2, 0.25) is 0 Å². The van der Waals surface area contributed by atoms with Crippen LogP contribution in [0, 0.1) is 16.7 Å². The first kappa shape index (κ1) is 26.7. The van der Waals surface area contributed by atoms with Crippen LogP contribution in [0.4, 0.5) is 11.4 Å². The first-order valence-corrected chi connectivity index (χ1v) is 15.8. The minimum Gasteiger partial charge on any atom is -0.294 e. The zero-order valence-electron chi connectivity index (χ0n) is 22.4. The van der Waals surface area contributed by atoms with Crippen molar-refractivity contribution in [2.75, 3.05) is 43.4 Å². The van der Waals surface area contributed by atoms with Crippen LogP contribution in [-0.2, 0) is 14.8 Å². The van der Waals surface area contributed by atoms with Gasteiger partial charge in [-0.1, -0.05) is 63.7 Å². The summed E-state index contributed by atoms with van der Waals surface area (Å²) in [5, 5.41) is 0. The summed E-state index contributed by atoms with van der Waals surface area (Å²) < 4.78 is 28.1. The van der Waals surface area contributed by atoms with Crippen molar-refractivity contribution < 1.29 is 13.2 Å². The molecule has 0 aliphatic carbocycles. The van der Waals surface area contributed by atoms with Crippen LogP contribution in [0.5, 0.6) is 0 Å². The van der Waals surface area contributed by atoms with Crippen LogP contribution in [0.15, 0.2) is 58.3 Å². The summed E-state index contributed by atoms with van der Waals surface area (Å²) >= 11 is 1.71. The molecular formula is C29H39N3O3S2. The molecule has 0 bridgehead atoms. The summed E-state index contributed by atoms with van der Waals surface area (Å²) in [4.78, 5) is 20.1. The van der Waals surface area contributed by atoms with Crippen molar-refractivity contribution in [1.82, 2.24) is 9.21 Å². The highest BCUT2D eigenvalue weighted by Crippen LogP contribution is 2.49. The Morgan fingerprint density at radius 1 is 0.946 bits per heavy atom. The standard InChI is InChI=1S/C29H39N3O3S2/c1-22(2)18-37(34,35)31-20-28(3,4)19-29(21-31)13-15-30(16-14-29)17-27(33)32-23-9-5-7-11-25(23)36-26-12-8-6-10-24(26)32/h5-12,22H,13-21H2,1-4H3. The SMILES string of the molecule is CC(C)CS(=O)(=O)N1CC(C)(C)CC2(CCN(CC(=O)N3c4ccccc4Sc4ccccc43)CC2)C1. The van der Waals surface area contributed by atoms with Crippen LogP contribution in [0.3, 0.4) is 0 Å². The first-order chi connectivity index (χ1) is 17.5. The lowest BCUT2D eigenvalue weighted by atomic mass is 9.65. The quantitative estimate of drug-likeness (QED) is 0.492. The molecule has 2 aromatic rings. The second-order valence-electron chi connectivity index (χ2n) is 12.3. The monoisotopic (exact) mass is 541 g/mol. The van der Waals surface area contributed by atoms with Crippen molar-refractivity contribution in [1.29, 1.82) is 0 Å². The minimum atomic E-state index is -3.28. The number of fused-ring (bicyclic) bond motifs is 2. The summed E-state index contributed by atoms with van der Waals surface area (Å²) in [7, 11) is -3.28. The number of nitrogens with zero attached hydrogens (tertiary/aromatic N) is 3. The number of rotatable bonds is 5. The molecule has 0 unspecified atom stereocenters. The molecule has 6 nitrogen and oxygen atoms in total. The van der Waals surface area contributed by atoms with Crippen molar-refractivity contribution in [2.45, 2.75) is 56.7 Å². The fourth-order valence-electron chi connectivity index (χ4n) is 6.51. The van der Waals surface area contributed by atoms with Gasteiger partial charge in [0.05, 0.1) is 23.7 Å². The number of benzene rings is 2. The molecule has 1 spiro atoms. The molecule has 37 heavy (non-hydrogen) atoms. The lowest BCUT2D eigenvalue weighted by Gasteiger charge is -2.52. The van der Waals surface area contributed by atoms with E-state index in [1.165, 1.54) is 0 Å². The average molecular weight is 542 g/mol. The van der Waals surface area contributed by atoms with E-state index in [0.717, 1.165) is 53.5 Å². The number of carbonyl (C=O) groups is 1. The average Bonchev–Trinajstić information content (AvgIpc) is 2.82. The van der Waals surface area contributed by atoms with Gasteiger partial charge >= 0.3 is 0 Å². The number of sulfonamides is 1. The van der Waals surface area contributed by atoms with E-state index < -0.39 is 10.0 Å². The van der Waals surface area contributed by atoms with Gasteiger partial charge in [0.15, 0.2) is 0 Å². The molecule has 2 fully saturated rings. The Balaban J connectivity index is 1.29. The van der Waals surface area contributed by atoms with Crippen LogP contribution >= 0.6 is 11.8 Å². The van der Waals surface area contributed by atoms with Gasteiger partial charge in [0.2, 0.25) is 15.9 Å². The highest BCUT2D eigenvalue weighted by atomic mass is 32.2. The molecule has 8 heteroatoms. The summed E-state index contributed by atoms with van der Waals surface area (Å²) in [6.07, 6.45) is 2.86. The molecule has 3 heterocycles. The molecule has 5 rings (SSSR count). The molecule has 1 amide bonds. The number of carbonyl (C=O) groups excluding carboxylic acids is 1. The predicted molar refractivity (Wildman–Crippen MR) is 151 cm³/mol. The van der Waals surface area contributed by atoms with Gasteiger partial charge < -0.3 is 0 Å². The van der Waals surface area contributed by atoms with E-state index in [2.05, 4.69) is 30.9 Å². The maximum absolute atomic E-state index is 13.7. The normalized spacial score (nSPS) is 21.6. The lowest BCUT2D eigenvalue weighted by Crippen LogP contribution is -2.57. The van der Waals surface area contributed by atoms with E-state index in [0.29, 0.717) is 19.6 Å². The molecule has 0 radical (unpaired) electrons. The Labute approximate surface area is 226 Å². The van der Waals surface area contributed by atoms with Gasteiger partial charge in [-0.05, 0) is 73.4 Å². The first-order valence-electron chi connectivity index (χ1n) is 13.4. The second kappa shape index (κ2) is 10.0. The molecule has 0 atom stereocenters. The molecule has 0 saturated carbocycles. The second-order valence-corrected chi connectivity index (χ2v) is 15.4. The fraction of sp³-hybridized carbons (Fsp3) is 0.552. The van der Waals surface area contributed by atoms with E-state index in [1.54, 1.807) is 16.1 Å². The number of piperidine rings is 2. The number of hydrogen-bond acceptors (Lipinski definition) is 5. The van der Waals surface area contributed by atoms with E-state index in [-0.39, 0.29) is 28.4 Å². The topological polar surface area (TPSA) is 60.9 Å². The van der Waals surface area contributed by atoms with Crippen LogP contribution in [0.1, 0.15) is 47.0 Å². The third kappa shape index (κ3) is 5.63. The number of hydrogen-bond donors (Lipinski definition) is 0. The summed E-state index contributed by atoms with van der Waals surface area (Å²) in [6.45, 7) is 11.5. The zero-order valence-corrected chi connectivity index (χ0v) is 24.1. The fourth-order valence-corrected chi connectivity index (χ4v) is 9.64. The molecule has 0 aromatic heterocycles. The molecule has 200 valence electrons. The summed E-state index contributed by atoms with van der Waals surface area (Å²) in [6, 6.07) is 16.2. The van der Waals surface area contributed by atoms with Crippen LogP contribution in [0.25, 0.3) is 0 Å². The molecule has 3 aliphatic rings. The summed E-state index contributed by atoms with van der Waals surface area (Å²) in [5.74, 6) is 0.403. The molecular weight excluding hydrogens is 502 g/mol. The molecule has 3 aliphatic heterocycles. The Morgan fingerprint density at radius 2 is 1.51 bits per heavy atom. The van der Waals surface area contributed by atoms with Gasteiger partial charge in [0, 0.05) is 22.9 Å². The third-order valence-electron chi connectivity index (χ3n) is 7.86. The zero-order chi connectivity index (χ0) is 26.4. The molecule has 2 aromatic carbocycles. The van der Waals surface area contributed by atoms with Gasteiger partial charge in [-0.15, -0.1) is 0 Å². The minimum absolute atomic E-state index is 0.0215. The Kier molecular flexibility index (Phi) is 7.24. The number of para-hydroxylation sites is 2. The Morgan fingerprint density at radius 3 is 2.08 bits per heavy atom. The highest BCUT2D eigenvalue weighted by molar-refractivity contribution is 7.99.